The summed E-state index contributed by atoms with van der Waals surface area (Å²) in [5.41, 5.74) is 0. The van der Waals surface area contributed by atoms with Crippen LogP contribution in [-0.4, -0.2) is 46.9 Å². The summed E-state index contributed by atoms with van der Waals surface area (Å²) < 4.78 is 5.81. The fourth-order valence-electron chi connectivity index (χ4n) is 7.05. The van der Waals surface area contributed by atoms with Gasteiger partial charge in [0, 0.05) is 6.42 Å². The summed E-state index contributed by atoms with van der Waals surface area (Å²) in [6, 6.07) is -0.753. The lowest BCUT2D eigenvalue weighted by molar-refractivity contribution is -0.148. The molecule has 0 spiro atoms. The molecule has 358 valence electrons. The number of amides is 1. The molecule has 0 aliphatic carbocycles. The molecule has 0 saturated carbocycles. The van der Waals surface area contributed by atoms with E-state index in [0.29, 0.717) is 19.3 Å². The molecular formula is C57H95NO5. The van der Waals surface area contributed by atoms with Crippen molar-refractivity contribution in [1.29, 1.82) is 0 Å². The van der Waals surface area contributed by atoms with Crippen LogP contribution in [0.2, 0.25) is 0 Å². The molecule has 0 aliphatic heterocycles. The molecule has 63 heavy (non-hydrogen) atoms. The summed E-state index contributed by atoms with van der Waals surface area (Å²) in [6.07, 6.45) is 67.4. The Balaban J connectivity index is 4.79. The van der Waals surface area contributed by atoms with E-state index in [-0.39, 0.29) is 24.9 Å². The smallest absolute Gasteiger partial charge is 0.306 e. The van der Waals surface area contributed by atoms with Gasteiger partial charge in [-0.1, -0.05) is 233 Å². The van der Waals surface area contributed by atoms with Crippen molar-refractivity contribution in [3.63, 3.8) is 0 Å². The molecule has 0 heterocycles. The van der Waals surface area contributed by atoms with Gasteiger partial charge >= 0.3 is 5.97 Å². The Bertz CT molecular complexity index is 1300. The summed E-state index contributed by atoms with van der Waals surface area (Å²) in [7, 11) is 0. The van der Waals surface area contributed by atoms with E-state index in [9.17, 15) is 19.8 Å². The van der Waals surface area contributed by atoms with Gasteiger partial charge in [0.2, 0.25) is 5.91 Å². The molecular weight excluding hydrogens is 779 g/mol. The molecule has 3 atom stereocenters. The lowest BCUT2D eigenvalue weighted by atomic mass is 10.0. The van der Waals surface area contributed by atoms with Gasteiger partial charge in [-0.05, 0) is 76.7 Å². The minimum absolute atomic E-state index is 0.0621. The average molecular weight is 874 g/mol. The van der Waals surface area contributed by atoms with Gasteiger partial charge in [-0.2, -0.15) is 0 Å². The Morgan fingerprint density at radius 3 is 1.46 bits per heavy atom. The number of allylic oxidation sites excluding steroid dienone is 17. The van der Waals surface area contributed by atoms with Crippen LogP contribution < -0.4 is 5.32 Å². The number of unbranched alkanes of at least 4 members (excludes halogenated alkanes) is 19. The number of esters is 1. The first kappa shape index (κ1) is 59.5. The van der Waals surface area contributed by atoms with Crippen LogP contribution in [0, 0.1) is 0 Å². The molecule has 0 aliphatic rings. The van der Waals surface area contributed by atoms with Gasteiger partial charge in [-0.3, -0.25) is 9.59 Å². The van der Waals surface area contributed by atoms with Crippen molar-refractivity contribution in [2.75, 3.05) is 6.61 Å². The van der Waals surface area contributed by atoms with Crippen LogP contribution in [0.15, 0.2) is 109 Å². The van der Waals surface area contributed by atoms with E-state index in [0.717, 1.165) is 89.9 Å². The minimum Gasteiger partial charge on any atom is -0.458 e. The zero-order valence-electron chi connectivity index (χ0n) is 40.7. The van der Waals surface area contributed by atoms with Gasteiger partial charge in [-0.25, -0.2) is 0 Å². The Morgan fingerprint density at radius 1 is 0.508 bits per heavy atom. The zero-order chi connectivity index (χ0) is 45.9. The molecule has 0 rings (SSSR count). The van der Waals surface area contributed by atoms with Crippen LogP contribution in [-0.2, 0) is 14.3 Å². The molecule has 0 aromatic rings. The Kier molecular flexibility index (Phi) is 46.8. The van der Waals surface area contributed by atoms with Crippen molar-refractivity contribution in [3.8, 4) is 0 Å². The molecule has 6 heteroatoms. The van der Waals surface area contributed by atoms with Gasteiger partial charge in [0.15, 0.2) is 0 Å². The number of ether oxygens (including phenoxy) is 1. The first-order chi connectivity index (χ1) is 31.0. The van der Waals surface area contributed by atoms with E-state index in [1.165, 1.54) is 77.0 Å². The summed E-state index contributed by atoms with van der Waals surface area (Å²) >= 11 is 0. The van der Waals surface area contributed by atoms with Crippen LogP contribution in [0.5, 0.6) is 0 Å². The zero-order valence-corrected chi connectivity index (χ0v) is 40.7. The van der Waals surface area contributed by atoms with Crippen molar-refractivity contribution in [2.45, 2.75) is 232 Å². The maximum atomic E-state index is 13.2. The Morgan fingerprint density at radius 2 is 0.937 bits per heavy atom. The van der Waals surface area contributed by atoms with Gasteiger partial charge < -0.3 is 20.3 Å². The van der Waals surface area contributed by atoms with Crippen molar-refractivity contribution >= 4 is 11.9 Å². The van der Waals surface area contributed by atoms with Gasteiger partial charge in [0.05, 0.1) is 25.2 Å². The van der Waals surface area contributed by atoms with Crippen molar-refractivity contribution in [2.24, 2.45) is 0 Å². The highest BCUT2D eigenvalue weighted by Gasteiger charge is 2.23. The maximum Gasteiger partial charge on any atom is 0.306 e. The quantitative estimate of drug-likeness (QED) is 0.0245. The van der Waals surface area contributed by atoms with E-state index in [2.05, 4.69) is 123 Å². The SMILES string of the molecule is CC/C=C/C/C=C/C/C=C/C/C=C/C/C=C/C(CC(=O)NC(CO)C(O)CCCCCCCCCCCCCC)OC(=O)CCCCCCC/C=C/C=C/C=C/C=C/CCCCC. The summed E-state index contributed by atoms with van der Waals surface area (Å²) in [5.74, 6) is -0.664. The van der Waals surface area contributed by atoms with Crippen molar-refractivity contribution < 1.29 is 24.5 Å². The molecule has 0 radical (unpaired) electrons. The summed E-state index contributed by atoms with van der Waals surface area (Å²) in [4.78, 5) is 26.1. The van der Waals surface area contributed by atoms with Gasteiger partial charge in [0.1, 0.15) is 6.10 Å². The largest absolute Gasteiger partial charge is 0.458 e. The van der Waals surface area contributed by atoms with Crippen molar-refractivity contribution in [3.05, 3.63) is 109 Å². The lowest BCUT2D eigenvalue weighted by Gasteiger charge is -2.23. The highest BCUT2D eigenvalue weighted by molar-refractivity contribution is 5.78. The second-order valence-corrected chi connectivity index (χ2v) is 16.9. The van der Waals surface area contributed by atoms with Gasteiger partial charge in [-0.15, -0.1) is 0 Å². The van der Waals surface area contributed by atoms with Crippen LogP contribution in [0.3, 0.4) is 0 Å². The standard InChI is InChI=1S/C57H95NO5/c1-4-7-10-13-16-19-22-25-27-28-29-30-32-35-38-41-44-47-50-57(62)63-53(48-45-42-39-36-33-31-26-23-20-17-14-11-8-5-2)51-56(61)58-54(52-59)55(60)49-46-43-40-37-34-24-21-18-15-12-9-6-3/h8,11,16-17,19-20,22,25-31,36,39,45,48,53-55,59-60H,4-7,9-10,12-15,18,21,23-24,32-35,37-38,40-44,46-47,49-52H2,1-3H3,(H,58,61)/b11-8+,19-16+,20-17+,25-22+,28-27+,30-29+,31-26+,39-36+,48-45+. The molecule has 0 saturated heterocycles. The highest BCUT2D eigenvalue weighted by atomic mass is 16.5. The first-order valence-electron chi connectivity index (χ1n) is 25.7. The highest BCUT2D eigenvalue weighted by Crippen LogP contribution is 2.15. The van der Waals surface area contributed by atoms with Crippen LogP contribution in [0.4, 0.5) is 0 Å². The Hall–Kier alpha value is -3.48. The fraction of sp³-hybridized carbons (Fsp3) is 0.649. The molecule has 0 bridgehead atoms. The number of aliphatic hydroxyl groups is 2. The van der Waals surface area contributed by atoms with Crippen LogP contribution >= 0.6 is 0 Å². The molecule has 1 amide bonds. The number of hydrogen-bond donors (Lipinski definition) is 3. The molecule has 6 nitrogen and oxygen atoms in total. The topological polar surface area (TPSA) is 95.9 Å². The summed E-state index contributed by atoms with van der Waals surface area (Å²) in [6.45, 7) is 6.27. The maximum absolute atomic E-state index is 13.2. The number of carbonyl (C=O) groups is 2. The Labute approximate surface area is 388 Å². The van der Waals surface area contributed by atoms with E-state index < -0.39 is 18.2 Å². The van der Waals surface area contributed by atoms with E-state index in [1.807, 2.05) is 6.08 Å². The van der Waals surface area contributed by atoms with Crippen LogP contribution in [0.25, 0.3) is 0 Å². The third-order valence-corrected chi connectivity index (χ3v) is 10.9. The summed E-state index contributed by atoms with van der Waals surface area (Å²) in [5, 5.41) is 23.7. The molecule has 3 N–H and O–H groups in total. The average Bonchev–Trinajstić information content (AvgIpc) is 3.28. The third kappa shape index (κ3) is 44.9. The predicted octanol–water partition coefficient (Wildman–Crippen LogP) is 15.5. The number of nitrogens with one attached hydrogen (secondary N) is 1. The first-order valence-corrected chi connectivity index (χ1v) is 25.7. The molecule has 0 aromatic carbocycles. The van der Waals surface area contributed by atoms with E-state index in [1.54, 1.807) is 6.08 Å². The van der Waals surface area contributed by atoms with Gasteiger partial charge in [0.25, 0.3) is 0 Å². The molecule has 3 unspecified atom stereocenters. The number of aliphatic hydroxyl groups excluding tert-OH is 2. The van der Waals surface area contributed by atoms with E-state index in [4.69, 9.17) is 4.74 Å². The number of carbonyl (C=O) groups excluding carboxylic acids is 2. The van der Waals surface area contributed by atoms with E-state index >= 15 is 0 Å². The number of hydrogen-bond acceptors (Lipinski definition) is 5. The number of rotatable bonds is 44. The second-order valence-electron chi connectivity index (χ2n) is 16.9. The third-order valence-electron chi connectivity index (χ3n) is 10.9. The molecule has 0 aromatic heterocycles. The minimum atomic E-state index is -0.829. The normalized spacial score (nSPS) is 14.2. The lowest BCUT2D eigenvalue weighted by Crippen LogP contribution is -2.46. The monoisotopic (exact) mass is 874 g/mol. The molecule has 0 fully saturated rings. The predicted molar refractivity (Wildman–Crippen MR) is 273 cm³/mol. The fourth-order valence-corrected chi connectivity index (χ4v) is 7.05. The van der Waals surface area contributed by atoms with Crippen LogP contribution in [0.1, 0.15) is 213 Å². The van der Waals surface area contributed by atoms with Crippen molar-refractivity contribution in [1.82, 2.24) is 5.32 Å². The second kappa shape index (κ2) is 49.5.